The van der Waals surface area contributed by atoms with Crippen LogP contribution in [0.15, 0.2) is 36.4 Å². The number of carbonyl (C=O) groups is 1. The molecule has 4 nitrogen and oxygen atoms in total. The highest BCUT2D eigenvalue weighted by Gasteiger charge is 2.54. The number of ether oxygens (including phenoxy) is 2. The second-order valence-electron chi connectivity index (χ2n) is 9.17. The van der Waals surface area contributed by atoms with E-state index >= 15 is 0 Å². The van der Waals surface area contributed by atoms with Gasteiger partial charge in [-0.3, -0.25) is 4.79 Å². The van der Waals surface area contributed by atoms with E-state index in [4.69, 9.17) is 9.47 Å². The number of rotatable bonds is 6. The summed E-state index contributed by atoms with van der Waals surface area (Å²) in [6.07, 6.45) is 6.66. The molecule has 4 heteroatoms. The fraction of sp³-hybridized carbons (Fsp3) is 0.625. The Kier molecular flexibility index (Phi) is 5.50. The number of carbonyl (C=O) groups excluding carboxylic acids is 1. The van der Waals surface area contributed by atoms with Crippen LogP contribution in [0.25, 0.3) is 0 Å². The van der Waals surface area contributed by atoms with Crippen LogP contribution in [0.1, 0.15) is 44.6 Å². The largest absolute Gasteiger partial charge is 0.496 e. The molecule has 2 saturated carbocycles. The van der Waals surface area contributed by atoms with Crippen molar-refractivity contribution in [3.05, 3.63) is 42.0 Å². The fourth-order valence-electron chi connectivity index (χ4n) is 5.88. The predicted octanol–water partition coefficient (Wildman–Crippen LogP) is 4.14. The van der Waals surface area contributed by atoms with Crippen molar-refractivity contribution >= 4 is 5.97 Å². The minimum atomic E-state index is -0.0260. The van der Waals surface area contributed by atoms with E-state index in [1.165, 1.54) is 24.0 Å². The zero-order chi connectivity index (χ0) is 19.7. The van der Waals surface area contributed by atoms with E-state index in [1.807, 2.05) is 18.2 Å². The van der Waals surface area contributed by atoms with Gasteiger partial charge in [0.05, 0.1) is 13.0 Å². The van der Waals surface area contributed by atoms with Gasteiger partial charge in [-0.2, -0.15) is 0 Å². The first kappa shape index (κ1) is 19.5. The maximum absolute atomic E-state index is 12.6. The summed E-state index contributed by atoms with van der Waals surface area (Å²) >= 11 is 0. The van der Waals surface area contributed by atoms with Crippen LogP contribution in [0.3, 0.4) is 0 Å². The molecule has 1 saturated heterocycles. The molecular weight excluding hydrogens is 350 g/mol. The molecule has 4 rings (SSSR count). The van der Waals surface area contributed by atoms with Gasteiger partial charge in [-0.15, -0.1) is 0 Å². The molecule has 1 aromatic carbocycles. The van der Waals surface area contributed by atoms with E-state index in [-0.39, 0.29) is 23.4 Å². The highest BCUT2D eigenvalue weighted by molar-refractivity contribution is 5.75. The van der Waals surface area contributed by atoms with Crippen LogP contribution < -0.4 is 10.1 Å². The number of hydrogen-bond acceptors (Lipinski definition) is 4. The number of methoxy groups -OCH3 is 1. The van der Waals surface area contributed by atoms with Crippen molar-refractivity contribution in [3.8, 4) is 5.75 Å². The van der Waals surface area contributed by atoms with Crippen molar-refractivity contribution < 1.29 is 14.3 Å². The second kappa shape index (κ2) is 7.90. The Bertz CT molecular complexity index is 745. The van der Waals surface area contributed by atoms with E-state index in [0.717, 1.165) is 38.0 Å². The fourth-order valence-corrected chi connectivity index (χ4v) is 5.88. The van der Waals surface area contributed by atoms with Crippen LogP contribution in [0.5, 0.6) is 5.75 Å². The van der Waals surface area contributed by atoms with Gasteiger partial charge in [0.1, 0.15) is 11.9 Å². The average Bonchev–Trinajstić information content (AvgIpc) is 2.97. The van der Waals surface area contributed by atoms with Gasteiger partial charge >= 0.3 is 5.97 Å². The lowest BCUT2D eigenvalue weighted by atomic mass is 9.55. The summed E-state index contributed by atoms with van der Waals surface area (Å²) in [5.41, 5.74) is 2.86. The minimum absolute atomic E-state index is 0.00680. The lowest BCUT2D eigenvalue weighted by molar-refractivity contribution is -0.146. The summed E-state index contributed by atoms with van der Waals surface area (Å²) in [6, 6.07) is 8.11. The van der Waals surface area contributed by atoms with Crippen LogP contribution in [0, 0.1) is 23.2 Å². The third-order valence-corrected chi connectivity index (χ3v) is 7.45. The molecule has 2 aliphatic carbocycles. The van der Waals surface area contributed by atoms with Crippen molar-refractivity contribution in [2.24, 2.45) is 23.2 Å². The topological polar surface area (TPSA) is 47.6 Å². The number of allylic oxidation sites excluding steroid dienone is 1. The molecule has 0 bridgehead atoms. The van der Waals surface area contributed by atoms with Crippen molar-refractivity contribution in [1.29, 1.82) is 0 Å². The van der Waals surface area contributed by atoms with Crippen LogP contribution >= 0.6 is 0 Å². The van der Waals surface area contributed by atoms with Gasteiger partial charge in [0.2, 0.25) is 0 Å². The van der Waals surface area contributed by atoms with Gasteiger partial charge in [-0.25, -0.2) is 0 Å². The molecular formula is C24H33NO3. The van der Waals surface area contributed by atoms with E-state index in [2.05, 4.69) is 24.9 Å². The molecule has 1 N–H and O–H groups in total. The molecule has 0 radical (unpaired) electrons. The second-order valence-corrected chi connectivity index (χ2v) is 9.17. The van der Waals surface area contributed by atoms with Crippen molar-refractivity contribution in [3.63, 3.8) is 0 Å². The molecule has 1 aromatic rings. The predicted molar refractivity (Wildman–Crippen MR) is 110 cm³/mol. The first-order valence-electron chi connectivity index (χ1n) is 10.7. The molecule has 3 aliphatic rings. The zero-order valence-corrected chi connectivity index (χ0v) is 17.2. The Labute approximate surface area is 168 Å². The number of esters is 1. The third kappa shape index (κ3) is 3.59. The van der Waals surface area contributed by atoms with Gasteiger partial charge in [0.25, 0.3) is 0 Å². The van der Waals surface area contributed by atoms with Crippen LogP contribution in [0.4, 0.5) is 0 Å². The lowest BCUT2D eigenvalue weighted by Crippen LogP contribution is -2.45. The van der Waals surface area contributed by atoms with E-state index in [1.54, 1.807) is 7.11 Å². The molecule has 1 heterocycles. The summed E-state index contributed by atoms with van der Waals surface area (Å²) in [7, 11) is 1.71. The zero-order valence-electron chi connectivity index (χ0n) is 17.2. The molecule has 1 unspecified atom stereocenters. The van der Waals surface area contributed by atoms with E-state index in [9.17, 15) is 4.79 Å². The van der Waals surface area contributed by atoms with E-state index in [0.29, 0.717) is 18.4 Å². The molecule has 0 spiro atoms. The molecule has 152 valence electrons. The molecule has 1 aliphatic heterocycles. The normalized spacial score (nSPS) is 34.5. The number of nitrogens with one attached hydrogen (secondary N) is 1. The summed E-state index contributed by atoms with van der Waals surface area (Å²) in [5, 5.41) is 3.50. The Hall–Kier alpha value is -1.81. The smallest absolute Gasteiger partial charge is 0.310 e. The van der Waals surface area contributed by atoms with Crippen molar-refractivity contribution in [2.75, 3.05) is 20.2 Å². The van der Waals surface area contributed by atoms with Gasteiger partial charge in [0, 0.05) is 12.5 Å². The number of hydrogen-bond donors (Lipinski definition) is 1. The van der Waals surface area contributed by atoms with Gasteiger partial charge in [-0.05, 0) is 68.0 Å². The Balaban J connectivity index is 1.35. The quantitative estimate of drug-likeness (QED) is 0.456. The van der Waals surface area contributed by atoms with Crippen molar-refractivity contribution in [2.45, 2.75) is 51.6 Å². The number of benzene rings is 1. The van der Waals surface area contributed by atoms with Crippen molar-refractivity contribution in [1.82, 2.24) is 5.32 Å². The van der Waals surface area contributed by atoms with Gasteiger partial charge in [0.15, 0.2) is 0 Å². The standard InChI is InChI=1S/C24H33NO3/c1-16-7-6-11-24(2)14-22-18(13-20(16)24)19(23(26)28-22)15-25-12-10-17-8-4-5-9-21(17)27-3/h4-5,8-9,18-20,22,25H,1,6-7,10-15H2,2-3H3/t18-,19-,20?,22-,24-/m1/s1. The Morgan fingerprint density at radius 3 is 3.00 bits per heavy atom. The number of para-hydroxylation sites is 1. The first-order chi connectivity index (χ1) is 13.5. The van der Waals surface area contributed by atoms with Crippen LogP contribution in [-0.4, -0.2) is 32.3 Å². The molecule has 0 aromatic heterocycles. The maximum Gasteiger partial charge on any atom is 0.310 e. The minimum Gasteiger partial charge on any atom is -0.496 e. The Morgan fingerprint density at radius 2 is 2.18 bits per heavy atom. The maximum atomic E-state index is 12.6. The monoisotopic (exact) mass is 383 g/mol. The molecule has 0 amide bonds. The first-order valence-corrected chi connectivity index (χ1v) is 10.7. The number of fused-ring (bicyclic) bond motifs is 2. The highest BCUT2D eigenvalue weighted by atomic mass is 16.6. The lowest BCUT2D eigenvalue weighted by Gasteiger charge is -2.50. The summed E-state index contributed by atoms with van der Waals surface area (Å²) in [5.74, 6) is 1.77. The summed E-state index contributed by atoms with van der Waals surface area (Å²) in [4.78, 5) is 12.6. The average molecular weight is 384 g/mol. The van der Waals surface area contributed by atoms with Gasteiger partial charge < -0.3 is 14.8 Å². The summed E-state index contributed by atoms with van der Waals surface area (Å²) < 4.78 is 11.3. The molecule has 3 fully saturated rings. The molecule has 28 heavy (non-hydrogen) atoms. The highest BCUT2D eigenvalue weighted by Crippen LogP contribution is 2.56. The third-order valence-electron chi connectivity index (χ3n) is 7.45. The van der Waals surface area contributed by atoms with Crippen LogP contribution in [-0.2, 0) is 16.0 Å². The van der Waals surface area contributed by atoms with Gasteiger partial charge in [-0.1, -0.05) is 37.3 Å². The SMILES string of the molecule is C=C1CCC[C@]2(C)C[C@H]3OC(=O)[C@H](CNCCc4ccccc4OC)[C@H]3CC12. The van der Waals surface area contributed by atoms with Crippen LogP contribution in [0.2, 0.25) is 0 Å². The molecule has 5 atom stereocenters. The van der Waals surface area contributed by atoms with E-state index < -0.39 is 0 Å². The Morgan fingerprint density at radius 1 is 1.36 bits per heavy atom. The summed E-state index contributed by atoms with van der Waals surface area (Å²) in [6.45, 7) is 8.28.